The van der Waals surface area contributed by atoms with Crippen LogP contribution in [-0.2, 0) is 17.8 Å². The number of anilines is 1. The van der Waals surface area contributed by atoms with E-state index in [0.717, 1.165) is 23.4 Å². The maximum absolute atomic E-state index is 12.5. The number of nitrogens with zero attached hydrogens (tertiary/aromatic N) is 1. The summed E-state index contributed by atoms with van der Waals surface area (Å²) in [5.74, 6) is 1.35. The summed E-state index contributed by atoms with van der Waals surface area (Å²) in [6.07, 6.45) is 0.958. The van der Waals surface area contributed by atoms with Crippen molar-refractivity contribution in [1.29, 1.82) is 0 Å². The molecule has 140 valence electrons. The molecule has 0 atom stereocenters. The number of hydrogen-bond donors (Lipinski definition) is 1. The first-order chi connectivity index (χ1) is 12.4. The first-order valence-electron chi connectivity index (χ1n) is 8.68. The van der Waals surface area contributed by atoms with E-state index in [1.165, 1.54) is 5.56 Å². The van der Waals surface area contributed by atoms with Crippen molar-refractivity contribution in [2.24, 2.45) is 0 Å². The quantitative estimate of drug-likeness (QED) is 0.784. The first-order valence-corrected chi connectivity index (χ1v) is 8.68. The maximum Gasteiger partial charge on any atom is 0.224 e. The maximum atomic E-state index is 12.5. The molecule has 0 aliphatic heterocycles. The molecule has 5 heteroatoms. The molecule has 0 bridgehead atoms. The monoisotopic (exact) mass is 356 g/mol. The minimum atomic E-state index is -0.0151. The summed E-state index contributed by atoms with van der Waals surface area (Å²) >= 11 is 0. The molecule has 1 amide bonds. The lowest BCUT2D eigenvalue weighted by atomic mass is 10.1. The minimum Gasteiger partial charge on any atom is -0.493 e. The number of benzene rings is 2. The van der Waals surface area contributed by atoms with Crippen LogP contribution in [0.15, 0.2) is 36.4 Å². The number of nitrogens with one attached hydrogen (secondary N) is 1. The van der Waals surface area contributed by atoms with Crippen LogP contribution in [0.25, 0.3) is 0 Å². The van der Waals surface area contributed by atoms with E-state index in [-0.39, 0.29) is 5.91 Å². The number of methoxy groups -OCH3 is 2. The highest BCUT2D eigenvalue weighted by Gasteiger charge is 2.12. The van der Waals surface area contributed by atoms with Crippen molar-refractivity contribution in [2.75, 3.05) is 33.6 Å². The van der Waals surface area contributed by atoms with Crippen molar-refractivity contribution in [3.63, 3.8) is 0 Å². The molecule has 0 aliphatic rings. The summed E-state index contributed by atoms with van der Waals surface area (Å²) in [4.78, 5) is 14.6. The van der Waals surface area contributed by atoms with Crippen molar-refractivity contribution < 1.29 is 14.3 Å². The molecule has 0 saturated heterocycles. The number of aryl methyl sites for hydroxylation is 2. The van der Waals surface area contributed by atoms with Gasteiger partial charge in [0.1, 0.15) is 0 Å². The third kappa shape index (κ3) is 5.23. The van der Waals surface area contributed by atoms with Crippen LogP contribution in [0.3, 0.4) is 0 Å². The minimum absolute atomic E-state index is 0.0151. The van der Waals surface area contributed by atoms with Crippen LogP contribution in [0.4, 0.5) is 5.69 Å². The molecule has 1 N–H and O–H groups in total. The number of hydrogen-bond acceptors (Lipinski definition) is 4. The number of amides is 1. The van der Waals surface area contributed by atoms with E-state index < -0.39 is 0 Å². The average Bonchev–Trinajstić information content (AvgIpc) is 2.61. The van der Waals surface area contributed by atoms with E-state index in [9.17, 15) is 4.79 Å². The van der Waals surface area contributed by atoms with Gasteiger partial charge < -0.3 is 19.7 Å². The average molecular weight is 356 g/mol. The van der Waals surface area contributed by atoms with Gasteiger partial charge in [-0.05, 0) is 50.7 Å². The lowest BCUT2D eigenvalue weighted by molar-refractivity contribution is -0.116. The third-order valence-electron chi connectivity index (χ3n) is 4.13. The van der Waals surface area contributed by atoms with Crippen molar-refractivity contribution in [2.45, 2.75) is 26.3 Å². The predicted molar refractivity (Wildman–Crippen MR) is 105 cm³/mol. The third-order valence-corrected chi connectivity index (χ3v) is 4.13. The summed E-state index contributed by atoms with van der Waals surface area (Å²) < 4.78 is 10.7. The van der Waals surface area contributed by atoms with Gasteiger partial charge in [0.25, 0.3) is 0 Å². The number of carbonyl (C=O) groups is 1. The standard InChI is InChI=1S/C21H28N2O3/c1-15-9-11-18(17(13-15)14-23(2)3)22-20(24)12-10-16-7-6-8-19(25-4)21(16)26-5/h6-9,11,13H,10,12,14H2,1-5H3,(H,22,24). The fourth-order valence-corrected chi connectivity index (χ4v) is 2.93. The van der Waals surface area contributed by atoms with Gasteiger partial charge in [-0.25, -0.2) is 0 Å². The molecule has 2 aromatic carbocycles. The Morgan fingerprint density at radius 2 is 1.85 bits per heavy atom. The van der Waals surface area contributed by atoms with Crippen molar-refractivity contribution >= 4 is 11.6 Å². The highest BCUT2D eigenvalue weighted by atomic mass is 16.5. The van der Waals surface area contributed by atoms with Crippen LogP contribution in [0, 0.1) is 6.92 Å². The van der Waals surface area contributed by atoms with Crippen LogP contribution in [0.2, 0.25) is 0 Å². The summed E-state index contributed by atoms with van der Waals surface area (Å²) in [6, 6.07) is 11.8. The van der Waals surface area contributed by atoms with Gasteiger partial charge >= 0.3 is 0 Å². The smallest absolute Gasteiger partial charge is 0.224 e. The lowest BCUT2D eigenvalue weighted by Crippen LogP contribution is -2.17. The number of para-hydroxylation sites is 1. The SMILES string of the molecule is COc1cccc(CCC(=O)Nc2ccc(C)cc2CN(C)C)c1OC. The van der Waals surface area contributed by atoms with Gasteiger partial charge in [0.05, 0.1) is 14.2 Å². The Morgan fingerprint density at radius 1 is 1.08 bits per heavy atom. The fourth-order valence-electron chi connectivity index (χ4n) is 2.93. The summed E-state index contributed by atoms with van der Waals surface area (Å²) in [5.41, 5.74) is 4.12. The number of rotatable bonds is 8. The Labute approximate surface area is 155 Å². The van der Waals surface area contributed by atoms with Gasteiger partial charge in [0.2, 0.25) is 5.91 Å². The van der Waals surface area contributed by atoms with E-state index in [1.54, 1.807) is 14.2 Å². The molecule has 0 fully saturated rings. The first kappa shape index (κ1) is 19.8. The highest BCUT2D eigenvalue weighted by Crippen LogP contribution is 2.31. The van der Waals surface area contributed by atoms with Gasteiger partial charge in [0.15, 0.2) is 11.5 Å². The second kappa shape index (κ2) is 9.25. The molecule has 0 radical (unpaired) electrons. The molecule has 2 rings (SSSR count). The molecular formula is C21H28N2O3. The summed E-state index contributed by atoms with van der Waals surface area (Å²) in [5, 5.41) is 3.04. The van der Waals surface area contributed by atoms with Crippen molar-refractivity contribution in [3.8, 4) is 11.5 Å². The van der Waals surface area contributed by atoms with E-state index >= 15 is 0 Å². The van der Waals surface area contributed by atoms with E-state index in [0.29, 0.717) is 24.3 Å². The lowest BCUT2D eigenvalue weighted by Gasteiger charge is -2.16. The Morgan fingerprint density at radius 3 is 2.50 bits per heavy atom. The number of ether oxygens (including phenoxy) is 2. The second-order valence-electron chi connectivity index (χ2n) is 6.60. The topological polar surface area (TPSA) is 50.8 Å². The van der Waals surface area contributed by atoms with Gasteiger partial charge in [-0.2, -0.15) is 0 Å². The molecular weight excluding hydrogens is 328 g/mol. The highest BCUT2D eigenvalue weighted by molar-refractivity contribution is 5.91. The van der Waals surface area contributed by atoms with Crippen LogP contribution in [0.1, 0.15) is 23.1 Å². The molecule has 0 aliphatic carbocycles. The zero-order valence-corrected chi connectivity index (χ0v) is 16.3. The normalized spacial score (nSPS) is 10.7. The summed E-state index contributed by atoms with van der Waals surface area (Å²) in [7, 11) is 7.26. The van der Waals surface area contributed by atoms with Crippen LogP contribution in [0.5, 0.6) is 11.5 Å². The van der Waals surface area contributed by atoms with Gasteiger partial charge in [-0.3, -0.25) is 4.79 Å². The molecule has 26 heavy (non-hydrogen) atoms. The van der Waals surface area contributed by atoms with Crippen LogP contribution >= 0.6 is 0 Å². The van der Waals surface area contributed by atoms with Crippen molar-refractivity contribution in [1.82, 2.24) is 4.90 Å². The van der Waals surface area contributed by atoms with E-state index in [4.69, 9.17) is 9.47 Å². The molecule has 0 spiro atoms. The fraction of sp³-hybridized carbons (Fsp3) is 0.381. The van der Waals surface area contributed by atoms with Gasteiger partial charge in [-0.1, -0.05) is 29.8 Å². The number of carbonyl (C=O) groups excluding carboxylic acids is 1. The Bertz CT molecular complexity index is 757. The Kier molecular flexibility index (Phi) is 7.04. The molecule has 0 aromatic heterocycles. The van der Waals surface area contributed by atoms with Gasteiger partial charge in [0, 0.05) is 18.7 Å². The second-order valence-corrected chi connectivity index (χ2v) is 6.60. The van der Waals surface area contributed by atoms with Gasteiger partial charge in [-0.15, -0.1) is 0 Å². The zero-order valence-electron chi connectivity index (χ0n) is 16.3. The summed E-state index contributed by atoms with van der Waals surface area (Å²) in [6.45, 7) is 2.83. The molecule has 0 unspecified atom stereocenters. The predicted octanol–water partition coefficient (Wildman–Crippen LogP) is 3.65. The van der Waals surface area contributed by atoms with E-state index in [1.807, 2.05) is 44.4 Å². The molecule has 0 saturated carbocycles. The molecule has 5 nitrogen and oxygen atoms in total. The van der Waals surface area contributed by atoms with Crippen molar-refractivity contribution in [3.05, 3.63) is 53.1 Å². The van der Waals surface area contributed by atoms with Crippen LogP contribution < -0.4 is 14.8 Å². The van der Waals surface area contributed by atoms with E-state index in [2.05, 4.69) is 23.2 Å². The Hall–Kier alpha value is -2.53. The molecule has 2 aromatic rings. The molecule has 0 heterocycles. The van der Waals surface area contributed by atoms with Crippen LogP contribution in [-0.4, -0.2) is 39.1 Å². The zero-order chi connectivity index (χ0) is 19.1. The largest absolute Gasteiger partial charge is 0.493 e. The Balaban J connectivity index is 2.06.